The van der Waals surface area contributed by atoms with Crippen LogP contribution in [0.5, 0.6) is 0 Å². The molecule has 1 aromatic carbocycles. The SMILES string of the molecule is Cn1cnc(C(=O)c2cc3ccccc3o2)c1. The summed E-state index contributed by atoms with van der Waals surface area (Å²) in [5, 5.41) is 0.923. The molecule has 0 aliphatic rings. The van der Waals surface area contributed by atoms with Crippen LogP contribution in [-0.4, -0.2) is 15.3 Å². The van der Waals surface area contributed by atoms with Crippen molar-refractivity contribution >= 4 is 16.8 Å². The molecule has 0 radical (unpaired) electrons. The maximum atomic E-state index is 12.1. The van der Waals surface area contributed by atoms with Crippen LogP contribution in [-0.2, 0) is 7.05 Å². The maximum absolute atomic E-state index is 12.1. The Balaban J connectivity index is 2.06. The van der Waals surface area contributed by atoms with Crippen LogP contribution in [0.2, 0.25) is 0 Å². The van der Waals surface area contributed by atoms with Gasteiger partial charge in [0.1, 0.15) is 11.3 Å². The molecule has 84 valence electrons. The minimum atomic E-state index is -0.193. The molecule has 17 heavy (non-hydrogen) atoms. The number of aryl methyl sites for hydroxylation is 1. The van der Waals surface area contributed by atoms with E-state index in [1.807, 2.05) is 31.3 Å². The van der Waals surface area contributed by atoms with Gasteiger partial charge in [0.2, 0.25) is 5.78 Å². The fraction of sp³-hybridized carbons (Fsp3) is 0.0769. The number of imidazole rings is 1. The summed E-state index contributed by atoms with van der Waals surface area (Å²) < 4.78 is 7.23. The third kappa shape index (κ3) is 1.63. The Morgan fingerprint density at radius 3 is 2.88 bits per heavy atom. The van der Waals surface area contributed by atoms with Gasteiger partial charge in [-0.1, -0.05) is 18.2 Å². The fourth-order valence-electron chi connectivity index (χ4n) is 1.75. The molecule has 4 nitrogen and oxygen atoms in total. The van der Waals surface area contributed by atoms with Gasteiger partial charge in [-0.25, -0.2) is 4.98 Å². The van der Waals surface area contributed by atoms with Crippen LogP contribution in [0.4, 0.5) is 0 Å². The van der Waals surface area contributed by atoms with Crippen LogP contribution >= 0.6 is 0 Å². The zero-order chi connectivity index (χ0) is 11.8. The summed E-state index contributed by atoms with van der Waals surface area (Å²) in [5.74, 6) is 0.131. The van der Waals surface area contributed by atoms with Gasteiger partial charge >= 0.3 is 0 Å². The number of carbonyl (C=O) groups excluding carboxylic acids is 1. The van der Waals surface area contributed by atoms with Crippen LogP contribution < -0.4 is 0 Å². The predicted octanol–water partition coefficient (Wildman–Crippen LogP) is 2.40. The van der Waals surface area contributed by atoms with E-state index in [4.69, 9.17) is 4.42 Å². The molecule has 0 aliphatic heterocycles. The standard InChI is InChI=1S/C13H10N2O2/c1-15-7-10(14-8-15)13(16)12-6-9-4-2-3-5-11(9)17-12/h2-8H,1H3. The minimum Gasteiger partial charge on any atom is -0.453 e. The van der Waals surface area contributed by atoms with Gasteiger partial charge in [0.25, 0.3) is 0 Å². The molecule has 0 fully saturated rings. The number of aromatic nitrogens is 2. The monoisotopic (exact) mass is 226 g/mol. The number of fused-ring (bicyclic) bond motifs is 1. The molecule has 2 aromatic heterocycles. The van der Waals surface area contributed by atoms with Crippen LogP contribution in [0.1, 0.15) is 16.2 Å². The number of hydrogen-bond donors (Lipinski definition) is 0. The highest BCUT2D eigenvalue weighted by atomic mass is 16.3. The van der Waals surface area contributed by atoms with Crippen LogP contribution in [0.15, 0.2) is 47.3 Å². The van der Waals surface area contributed by atoms with Crippen molar-refractivity contribution < 1.29 is 9.21 Å². The number of hydrogen-bond acceptors (Lipinski definition) is 3. The third-order valence-electron chi connectivity index (χ3n) is 2.59. The lowest BCUT2D eigenvalue weighted by Crippen LogP contribution is -1.99. The smallest absolute Gasteiger partial charge is 0.248 e. The summed E-state index contributed by atoms with van der Waals surface area (Å²) in [6.07, 6.45) is 3.27. The van der Waals surface area contributed by atoms with E-state index in [1.165, 1.54) is 0 Å². The van der Waals surface area contributed by atoms with Gasteiger partial charge in [-0.15, -0.1) is 0 Å². The highest BCUT2D eigenvalue weighted by Gasteiger charge is 2.16. The predicted molar refractivity (Wildman–Crippen MR) is 62.9 cm³/mol. The zero-order valence-corrected chi connectivity index (χ0v) is 9.25. The highest BCUT2D eigenvalue weighted by molar-refractivity contribution is 6.07. The van der Waals surface area contributed by atoms with E-state index in [-0.39, 0.29) is 5.78 Å². The molecule has 3 rings (SSSR count). The highest BCUT2D eigenvalue weighted by Crippen LogP contribution is 2.20. The van der Waals surface area contributed by atoms with Gasteiger partial charge in [0, 0.05) is 18.6 Å². The van der Waals surface area contributed by atoms with Crippen molar-refractivity contribution in [2.24, 2.45) is 7.05 Å². The largest absolute Gasteiger partial charge is 0.453 e. The van der Waals surface area contributed by atoms with Crippen molar-refractivity contribution in [3.05, 3.63) is 54.3 Å². The summed E-state index contributed by atoms with van der Waals surface area (Å²) in [6.45, 7) is 0. The molecule has 0 unspecified atom stereocenters. The first-order chi connectivity index (χ1) is 8.24. The second kappa shape index (κ2) is 3.59. The molecule has 0 bridgehead atoms. The molecule has 3 aromatic rings. The van der Waals surface area contributed by atoms with E-state index < -0.39 is 0 Å². The minimum absolute atomic E-state index is 0.193. The molecule has 0 saturated heterocycles. The van der Waals surface area contributed by atoms with E-state index >= 15 is 0 Å². The molecule has 4 heteroatoms. The van der Waals surface area contributed by atoms with Gasteiger partial charge in [-0.05, 0) is 12.1 Å². The number of benzene rings is 1. The van der Waals surface area contributed by atoms with Crippen molar-refractivity contribution in [3.63, 3.8) is 0 Å². The second-order valence-corrected chi connectivity index (χ2v) is 3.90. The molecule has 0 atom stereocenters. The molecular formula is C13H10N2O2. The summed E-state index contributed by atoms with van der Waals surface area (Å²) >= 11 is 0. The second-order valence-electron chi connectivity index (χ2n) is 3.90. The molecule has 0 amide bonds. The normalized spacial score (nSPS) is 10.9. The molecule has 0 aliphatic carbocycles. The lowest BCUT2D eigenvalue weighted by Gasteiger charge is -1.90. The van der Waals surface area contributed by atoms with E-state index in [0.717, 1.165) is 5.39 Å². The Bertz CT molecular complexity index is 661. The van der Waals surface area contributed by atoms with E-state index in [2.05, 4.69) is 4.98 Å². The van der Waals surface area contributed by atoms with Gasteiger partial charge in [-0.2, -0.15) is 0 Å². The number of para-hydroxylation sites is 1. The van der Waals surface area contributed by atoms with Gasteiger partial charge in [0.05, 0.1) is 6.33 Å². The number of furan rings is 1. The number of rotatable bonds is 2. The summed E-state index contributed by atoms with van der Waals surface area (Å²) in [5.41, 5.74) is 1.11. The maximum Gasteiger partial charge on any atom is 0.248 e. The molecule has 0 N–H and O–H groups in total. The molecular weight excluding hydrogens is 216 g/mol. The van der Waals surface area contributed by atoms with Gasteiger partial charge in [-0.3, -0.25) is 4.79 Å². The van der Waals surface area contributed by atoms with Crippen LogP contribution in [0, 0.1) is 0 Å². The van der Waals surface area contributed by atoms with Gasteiger partial charge < -0.3 is 8.98 Å². The topological polar surface area (TPSA) is 48.0 Å². The Morgan fingerprint density at radius 1 is 1.35 bits per heavy atom. The molecule has 2 heterocycles. The quantitative estimate of drug-likeness (QED) is 0.630. The number of ketones is 1. The number of carbonyl (C=O) groups is 1. The average molecular weight is 226 g/mol. The first-order valence-electron chi connectivity index (χ1n) is 5.25. The molecule has 0 spiro atoms. The van der Waals surface area contributed by atoms with E-state index in [0.29, 0.717) is 17.0 Å². The van der Waals surface area contributed by atoms with Gasteiger partial charge in [0.15, 0.2) is 5.76 Å². The van der Waals surface area contributed by atoms with Crippen molar-refractivity contribution in [3.8, 4) is 0 Å². The summed E-state index contributed by atoms with van der Waals surface area (Å²) in [6, 6.07) is 9.28. The molecule has 0 saturated carbocycles. The summed E-state index contributed by atoms with van der Waals surface area (Å²) in [7, 11) is 1.82. The Morgan fingerprint density at radius 2 is 2.18 bits per heavy atom. The van der Waals surface area contributed by atoms with Crippen molar-refractivity contribution in [2.45, 2.75) is 0 Å². The zero-order valence-electron chi connectivity index (χ0n) is 9.25. The number of nitrogens with zero attached hydrogens (tertiary/aromatic N) is 2. The van der Waals surface area contributed by atoms with Crippen molar-refractivity contribution in [1.82, 2.24) is 9.55 Å². The Kier molecular flexibility index (Phi) is 2.08. The Hall–Kier alpha value is -2.36. The third-order valence-corrected chi connectivity index (χ3v) is 2.59. The fourth-order valence-corrected chi connectivity index (χ4v) is 1.75. The van der Waals surface area contributed by atoms with Crippen molar-refractivity contribution in [1.29, 1.82) is 0 Å². The van der Waals surface area contributed by atoms with E-state index in [1.54, 1.807) is 23.2 Å². The first kappa shape index (κ1) is 9.84. The lowest BCUT2D eigenvalue weighted by molar-refractivity contribution is 0.101. The van der Waals surface area contributed by atoms with Crippen LogP contribution in [0.3, 0.4) is 0 Å². The summed E-state index contributed by atoms with van der Waals surface area (Å²) in [4.78, 5) is 16.1. The average Bonchev–Trinajstić information content (AvgIpc) is 2.93. The first-order valence-corrected chi connectivity index (χ1v) is 5.25. The lowest BCUT2D eigenvalue weighted by atomic mass is 10.2. The van der Waals surface area contributed by atoms with Crippen LogP contribution in [0.25, 0.3) is 11.0 Å². The van der Waals surface area contributed by atoms with Crippen molar-refractivity contribution in [2.75, 3.05) is 0 Å². The Labute approximate surface area is 97.5 Å². The van der Waals surface area contributed by atoms with E-state index in [9.17, 15) is 4.79 Å².